The van der Waals surface area contributed by atoms with E-state index in [9.17, 15) is 9.50 Å². The van der Waals surface area contributed by atoms with Crippen LogP contribution in [0.4, 0.5) is 4.39 Å². The second-order valence-electron chi connectivity index (χ2n) is 5.42. The summed E-state index contributed by atoms with van der Waals surface area (Å²) in [6.07, 6.45) is 0.313. The highest BCUT2D eigenvalue weighted by molar-refractivity contribution is 6.33. The number of aliphatic hydroxyl groups is 1. The van der Waals surface area contributed by atoms with Gasteiger partial charge in [-0.3, -0.25) is 0 Å². The molecule has 1 aliphatic rings. The third-order valence-corrected chi connectivity index (χ3v) is 4.56. The zero-order chi connectivity index (χ0) is 16.6. The topological polar surface area (TPSA) is 29.5 Å². The SMILES string of the molecule is COC1=C(c2c(F)cc(-c3ccc(Cl)cc3)cc2Cl)C(O)CC1. The van der Waals surface area contributed by atoms with Crippen LogP contribution in [-0.4, -0.2) is 18.3 Å². The van der Waals surface area contributed by atoms with Crippen molar-refractivity contribution in [3.05, 3.63) is 63.6 Å². The van der Waals surface area contributed by atoms with Gasteiger partial charge >= 0.3 is 0 Å². The van der Waals surface area contributed by atoms with Crippen molar-refractivity contribution < 1.29 is 14.2 Å². The van der Waals surface area contributed by atoms with Gasteiger partial charge in [-0.15, -0.1) is 0 Å². The molecule has 0 spiro atoms. The van der Waals surface area contributed by atoms with E-state index in [2.05, 4.69) is 0 Å². The Labute approximate surface area is 144 Å². The third-order valence-electron chi connectivity index (χ3n) is 4.01. The van der Waals surface area contributed by atoms with Gasteiger partial charge in [0.2, 0.25) is 0 Å². The zero-order valence-electron chi connectivity index (χ0n) is 12.4. The second kappa shape index (κ2) is 6.52. The van der Waals surface area contributed by atoms with Crippen LogP contribution in [0.5, 0.6) is 0 Å². The van der Waals surface area contributed by atoms with Crippen LogP contribution in [-0.2, 0) is 4.74 Å². The molecule has 1 unspecified atom stereocenters. The standard InChI is InChI=1S/C18H15Cl2FO2/c1-23-16-7-6-15(22)18(16)17-13(20)8-11(9-14(17)21)10-2-4-12(19)5-3-10/h2-5,8-9,15,22H,6-7H2,1H3. The van der Waals surface area contributed by atoms with Gasteiger partial charge in [-0.2, -0.15) is 0 Å². The van der Waals surface area contributed by atoms with E-state index >= 15 is 0 Å². The first kappa shape index (κ1) is 16.3. The van der Waals surface area contributed by atoms with Crippen molar-refractivity contribution in [1.29, 1.82) is 0 Å². The highest BCUT2D eigenvalue weighted by Crippen LogP contribution is 2.40. The number of halogens is 3. The van der Waals surface area contributed by atoms with Gasteiger partial charge < -0.3 is 9.84 Å². The predicted molar refractivity (Wildman–Crippen MR) is 91.0 cm³/mol. The van der Waals surface area contributed by atoms with Crippen molar-refractivity contribution in [2.75, 3.05) is 7.11 Å². The molecule has 0 saturated heterocycles. The van der Waals surface area contributed by atoms with E-state index in [1.54, 1.807) is 30.3 Å². The maximum atomic E-state index is 14.7. The Morgan fingerprint density at radius 2 is 1.83 bits per heavy atom. The molecular weight excluding hydrogens is 338 g/mol. The Morgan fingerprint density at radius 1 is 1.13 bits per heavy atom. The van der Waals surface area contributed by atoms with Crippen molar-refractivity contribution >= 4 is 28.8 Å². The molecule has 0 radical (unpaired) electrons. The van der Waals surface area contributed by atoms with Gasteiger partial charge in [0.05, 0.1) is 18.2 Å². The van der Waals surface area contributed by atoms with Crippen LogP contribution < -0.4 is 0 Å². The van der Waals surface area contributed by atoms with E-state index in [0.29, 0.717) is 34.8 Å². The molecule has 1 atom stereocenters. The lowest BCUT2D eigenvalue weighted by molar-refractivity contribution is 0.229. The molecule has 120 valence electrons. The molecule has 2 nitrogen and oxygen atoms in total. The maximum Gasteiger partial charge on any atom is 0.133 e. The van der Waals surface area contributed by atoms with Crippen LogP contribution >= 0.6 is 23.2 Å². The number of hydrogen-bond acceptors (Lipinski definition) is 2. The molecule has 0 aliphatic heterocycles. The molecule has 0 saturated carbocycles. The summed E-state index contributed by atoms with van der Waals surface area (Å²) in [6.45, 7) is 0. The van der Waals surface area contributed by atoms with E-state index < -0.39 is 11.9 Å². The summed E-state index contributed by atoms with van der Waals surface area (Å²) in [7, 11) is 1.52. The van der Waals surface area contributed by atoms with E-state index in [1.165, 1.54) is 13.2 Å². The van der Waals surface area contributed by atoms with E-state index in [1.807, 2.05) is 0 Å². The molecule has 2 aromatic rings. The molecule has 0 bridgehead atoms. The second-order valence-corrected chi connectivity index (χ2v) is 6.26. The Hall–Kier alpha value is -1.55. The first-order valence-electron chi connectivity index (χ1n) is 7.21. The molecule has 23 heavy (non-hydrogen) atoms. The summed E-state index contributed by atoms with van der Waals surface area (Å²) >= 11 is 12.2. The molecule has 3 rings (SSSR count). The minimum atomic E-state index is -0.765. The van der Waals surface area contributed by atoms with Gasteiger partial charge in [-0.05, 0) is 41.8 Å². The predicted octanol–water partition coefficient (Wildman–Crippen LogP) is 5.31. The van der Waals surface area contributed by atoms with Gasteiger partial charge in [0.25, 0.3) is 0 Å². The van der Waals surface area contributed by atoms with E-state index in [0.717, 1.165) is 5.56 Å². The monoisotopic (exact) mass is 352 g/mol. The lowest BCUT2D eigenvalue weighted by atomic mass is 9.97. The number of benzene rings is 2. The number of hydrogen-bond donors (Lipinski definition) is 1. The van der Waals surface area contributed by atoms with Crippen molar-refractivity contribution in [1.82, 2.24) is 0 Å². The van der Waals surface area contributed by atoms with Crippen LogP contribution in [0.3, 0.4) is 0 Å². The number of allylic oxidation sites excluding steroid dienone is 1. The van der Waals surface area contributed by atoms with Crippen LogP contribution in [0.2, 0.25) is 10.0 Å². The minimum Gasteiger partial charge on any atom is -0.501 e. The Kier molecular flexibility index (Phi) is 4.62. The summed E-state index contributed by atoms with van der Waals surface area (Å²) in [4.78, 5) is 0. The van der Waals surface area contributed by atoms with Crippen molar-refractivity contribution in [2.45, 2.75) is 18.9 Å². The molecule has 1 N–H and O–H groups in total. The molecule has 0 heterocycles. The van der Waals surface area contributed by atoms with Crippen molar-refractivity contribution in [3.8, 4) is 11.1 Å². The third kappa shape index (κ3) is 3.09. The average Bonchev–Trinajstić information content (AvgIpc) is 2.88. The summed E-state index contributed by atoms with van der Waals surface area (Å²) < 4.78 is 20.0. The summed E-state index contributed by atoms with van der Waals surface area (Å²) in [5.41, 5.74) is 2.12. The maximum absolute atomic E-state index is 14.7. The molecule has 2 aromatic carbocycles. The van der Waals surface area contributed by atoms with E-state index in [-0.39, 0.29) is 10.6 Å². The number of rotatable bonds is 3. The quantitative estimate of drug-likeness (QED) is 0.810. The van der Waals surface area contributed by atoms with E-state index in [4.69, 9.17) is 27.9 Å². The first-order valence-corrected chi connectivity index (χ1v) is 7.97. The molecule has 1 aliphatic carbocycles. The first-order chi connectivity index (χ1) is 11.0. The Balaban J connectivity index is 2.10. The Bertz CT molecular complexity index is 746. The zero-order valence-corrected chi connectivity index (χ0v) is 14.0. The molecule has 0 fully saturated rings. The summed E-state index contributed by atoms with van der Waals surface area (Å²) in [5.74, 6) is 0.102. The van der Waals surface area contributed by atoms with Crippen LogP contribution in [0.15, 0.2) is 42.2 Å². The van der Waals surface area contributed by atoms with Gasteiger partial charge in [-0.1, -0.05) is 35.3 Å². The van der Waals surface area contributed by atoms with Gasteiger partial charge in [0.15, 0.2) is 0 Å². The fourth-order valence-electron chi connectivity index (χ4n) is 2.89. The number of methoxy groups -OCH3 is 1. The van der Waals surface area contributed by atoms with Crippen LogP contribution in [0.1, 0.15) is 18.4 Å². The highest BCUT2D eigenvalue weighted by Gasteiger charge is 2.29. The lowest BCUT2D eigenvalue weighted by Crippen LogP contribution is -2.07. The largest absolute Gasteiger partial charge is 0.501 e. The van der Waals surface area contributed by atoms with Crippen LogP contribution in [0, 0.1) is 5.82 Å². The lowest BCUT2D eigenvalue weighted by Gasteiger charge is -2.15. The van der Waals surface area contributed by atoms with Gasteiger partial charge in [-0.25, -0.2) is 4.39 Å². The number of ether oxygens (including phenoxy) is 1. The van der Waals surface area contributed by atoms with Gasteiger partial charge in [0, 0.05) is 22.6 Å². The van der Waals surface area contributed by atoms with Crippen molar-refractivity contribution in [2.24, 2.45) is 0 Å². The average molecular weight is 353 g/mol. The normalized spacial score (nSPS) is 17.7. The fourth-order valence-corrected chi connectivity index (χ4v) is 3.33. The molecule has 0 amide bonds. The molecular formula is C18H15Cl2FO2. The molecule has 5 heteroatoms. The smallest absolute Gasteiger partial charge is 0.133 e. The Morgan fingerprint density at radius 3 is 2.43 bits per heavy atom. The summed E-state index contributed by atoms with van der Waals surface area (Å²) in [6, 6.07) is 10.2. The van der Waals surface area contributed by atoms with Crippen molar-refractivity contribution in [3.63, 3.8) is 0 Å². The van der Waals surface area contributed by atoms with Crippen LogP contribution in [0.25, 0.3) is 16.7 Å². The fraction of sp³-hybridized carbons (Fsp3) is 0.222. The molecule has 0 aromatic heterocycles. The van der Waals surface area contributed by atoms with Gasteiger partial charge in [0.1, 0.15) is 11.6 Å². The minimum absolute atomic E-state index is 0.214. The number of aliphatic hydroxyl groups excluding tert-OH is 1. The summed E-state index contributed by atoms with van der Waals surface area (Å²) in [5, 5.41) is 11.0. The highest BCUT2D eigenvalue weighted by atomic mass is 35.5.